The number of hydrogen-bond donors (Lipinski definition) is 0. The summed E-state index contributed by atoms with van der Waals surface area (Å²) in [7, 11) is -3.00. The molecule has 1 aromatic heterocycles. The van der Waals surface area contributed by atoms with Crippen LogP contribution in [0.5, 0.6) is 0 Å². The van der Waals surface area contributed by atoms with Gasteiger partial charge in [-0.1, -0.05) is 6.42 Å². The van der Waals surface area contributed by atoms with E-state index in [1.807, 2.05) is 13.8 Å². The molecule has 2 saturated heterocycles. The summed E-state index contributed by atoms with van der Waals surface area (Å²) in [5.41, 5.74) is 0.617. The highest BCUT2D eigenvalue weighted by atomic mass is 32.2. The van der Waals surface area contributed by atoms with E-state index in [0.29, 0.717) is 31.2 Å². The summed E-state index contributed by atoms with van der Waals surface area (Å²) < 4.78 is 26.3. The highest BCUT2D eigenvalue weighted by Gasteiger charge is 2.46. The van der Waals surface area contributed by atoms with Crippen LogP contribution in [0, 0.1) is 5.92 Å². The molecule has 0 N–H and O–H groups in total. The van der Waals surface area contributed by atoms with Crippen LogP contribution in [0.3, 0.4) is 0 Å². The number of rotatable bonds is 3. The van der Waals surface area contributed by atoms with Gasteiger partial charge >= 0.3 is 0 Å². The molecule has 1 aromatic rings. The van der Waals surface area contributed by atoms with Crippen molar-refractivity contribution in [1.82, 2.24) is 9.78 Å². The van der Waals surface area contributed by atoms with Crippen molar-refractivity contribution in [3.8, 4) is 0 Å². The van der Waals surface area contributed by atoms with E-state index in [0.717, 1.165) is 6.42 Å². The van der Waals surface area contributed by atoms with Gasteiger partial charge in [-0.3, -0.25) is 9.48 Å². The standard InChI is InChI=1S/C15H22N2O3S/c1-10(2)17-9-12(8-16-17)15(18)11-6-13-4-3-5-14(7-11)21(13,19)20/h8-11,13-14H,3-7H2,1-2H3. The number of carbonyl (C=O) groups is 1. The van der Waals surface area contributed by atoms with Crippen molar-refractivity contribution in [2.45, 2.75) is 62.5 Å². The summed E-state index contributed by atoms with van der Waals surface area (Å²) >= 11 is 0. The molecule has 6 heteroatoms. The summed E-state index contributed by atoms with van der Waals surface area (Å²) in [6.45, 7) is 4.03. The Morgan fingerprint density at radius 3 is 2.43 bits per heavy atom. The van der Waals surface area contributed by atoms with Gasteiger partial charge in [0.05, 0.1) is 22.3 Å². The number of nitrogens with zero attached hydrogens (tertiary/aromatic N) is 2. The SMILES string of the molecule is CC(C)n1cc(C(=O)C2CC3CCCC(C2)S3(=O)=O)cn1. The third-order valence-corrected chi connectivity index (χ3v) is 7.58. The molecular weight excluding hydrogens is 288 g/mol. The first-order valence-electron chi connectivity index (χ1n) is 7.70. The van der Waals surface area contributed by atoms with Crippen LogP contribution < -0.4 is 0 Å². The number of hydrogen-bond acceptors (Lipinski definition) is 4. The Labute approximate surface area is 125 Å². The van der Waals surface area contributed by atoms with Crippen LogP contribution in [-0.4, -0.2) is 34.5 Å². The lowest BCUT2D eigenvalue weighted by Gasteiger charge is -2.37. The Balaban J connectivity index is 1.80. The minimum Gasteiger partial charge on any atom is -0.294 e. The zero-order valence-electron chi connectivity index (χ0n) is 12.5. The molecule has 0 saturated carbocycles. The first kappa shape index (κ1) is 14.8. The van der Waals surface area contributed by atoms with E-state index in [9.17, 15) is 13.2 Å². The van der Waals surface area contributed by atoms with E-state index < -0.39 is 9.84 Å². The van der Waals surface area contributed by atoms with E-state index in [1.54, 1.807) is 17.1 Å². The molecule has 5 nitrogen and oxygen atoms in total. The third kappa shape index (κ3) is 2.54. The number of carbonyl (C=O) groups excluding carboxylic acids is 1. The summed E-state index contributed by atoms with van der Waals surface area (Å²) in [5, 5.41) is 3.60. The van der Waals surface area contributed by atoms with E-state index in [1.165, 1.54) is 0 Å². The number of Topliss-reactive ketones (excluding diaryl/α,β-unsaturated/α-hetero) is 1. The predicted molar refractivity (Wildman–Crippen MR) is 80.0 cm³/mol. The van der Waals surface area contributed by atoms with Gasteiger partial charge in [-0.2, -0.15) is 5.10 Å². The molecule has 2 aliphatic heterocycles. The van der Waals surface area contributed by atoms with Crippen molar-refractivity contribution in [2.24, 2.45) is 5.92 Å². The molecule has 2 atom stereocenters. The average Bonchev–Trinajstić information content (AvgIpc) is 2.86. The number of aromatic nitrogens is 2. The third-order valence-electron chi connectivity index (χ3n) is 4.86. The first-order chi connectivity index (χ1) is 9.89. The molecule has 0 radical (unpaired) electrons. The van der Waals surface area contributed by atoms with Crippen LogP contribution >= 0.6 is 0 Å². The van der Waals surface area contributed by atoms with E-state index in [-0.39, 0.29) is 28.2 Å². The Morgan fingerprint density at radius 1 is 1.29 bits per heavy atom. The average molecular weight is 310 g/mol. The van der Waals surface area contributed by atoms with Crippen LogP contribution in [0.25, 0.3) is 0 Å². The van der Waals surface area contributed by atoms with Gasteiger partial charge in [0.2, 0.25) is 0 Å². The molecule has 21 heavy (non-hydrogen) atoms. The molecule has 0 amide bonds. The molecule has 0 aromatic carbocycles. The maximum absolute atomic E-state index is 12.6. The summed E-state index contributed by atoms with van der Waals surface area (Å²) in [5.74, 6) is -0.0951. The van der Waals surface area contributed by atoms with Gasteiger partial charge in [-0.25, -0.2) is 8.42 Å². The van der Waals surface area contributed by atoms with Gasteiger partial charge in [-0.15, -0.1) is 0 Å². The highest BCUT2D eigenvalue weighted by molar-refractivity contribution is 7.92. The van der Waals surface area contributed by atoms with Gasteiger partial charge < -0.3 is 0 Å². The molecule has 2 bridgehead atoms. The van der Waals surface area contributed by atoms with Crippen LogP contribution in [0.1, 0.15) is 62.4 Å². The summed E-state index contributed by atoms with van der Waals surface area (Å²) in [6, 6.07) is 0.220. The predicted octanol–water partition coefficient (Wildman–Crippen LogP) is 2.39. The van der Waals surface area contributed by atoms with Gasteiger partial charge in [0.1, 0.15) is 0 Å². The maximum Gasteiger partial charge on any atom is 0.169 e. The smallest absolute Gasteiger partial charge is 0.169 e. The fourth-order valence-corrected chi connectivity index (χ4v) is 6.14. The number of fused-ring (bicyclic) bond motifs is 2. The van der Waals surface area contributed by atoms with E-state index >= 15 is 0 Å². The molecule has 0 aliphatic carbocycles. The van der Waals surface area contributed by atoms with Gasteiger partial charge in [0.25, 0.3) is 0 Å². The molecule has 0 spiro atoms. The summed E-state index contributed by atoms with van der Waals surface area (Å²) in [6.07, 6.45) is 6.78. The molecule has 3 heterocycles. The Hall–Kier alpha value is -1.17. The number of ketones is 1. The second kappa shape index (κ2) is 5.23. The van der Waals surface area contributed by atoms with Gasteiger partial charge in [0, 0.05) is 18.2 Å². The Morgan fingerprint density at radius 2 is 1.90 bits per heavy atom. The second-order valence-electron chi connectivity index (χ2n) is 6.60. The van der Waals surface area contributed by atoms with E-state index in [2.05, 4.69) is 5.10 Å². The van der Waals surface area contributed by atoms with Crippen LogP contribution in [-0.2, 0) is 9.84 Å². The quantitative estimate of drug-likeness (QED) is 0.804. The van der Waals surface area contributed by atoms with Crippen molar-refractivity contribution in [2.75, 3.05) is 0 Å². The van der Waals surface area contributed by atoms with Crippen LogP contribution in [0.2, 0.25) is 0 Å². The molecular formula is C15H22N2O3S. The molecule has 116 valence electrons. The fraction of sp³-hybridized carbons (Fsp3) is 0.733. The summed E-state index contributed by atoms with van der Waals surface area (Å²) in [4.78, 5) is 12.6. The lowest BCUT2D eigenvalue weighted by atomic mass is 9.85. The van der Waals surface area contributed by atoms with Crippen molar-refractivity contribution in [3.05, 3.63) is 18.0 Å². The van der Waals surface area contributed by atoms with Crippen molar-refractivity contribution in [3.63, 3.8) is 0 Å². The molecule has 2 aliphatic rings. The number of sulfone groups is 1. The molecule has 2 unspecified atom stereocenters. The van der Waals surface area contributed by atoms with Crippen LogP contribution in [0.15, 0.2) is 12.4 Å². The molecule has 2 fully saturated rings. The van der Waals surface area contributed by atoms with Crippen molar-refractivity contribution < 1.29 is 13.2 Å². The monoisotopic (exact) mass is 310 g/mol. The highest BCUT2D eigenvalue weighted by Crippen LogP contribution is 2.40. The first-order valence-corrected chi connectivity index (χ1v) is 9.31. The van der Waals surface area contributed by atoms with Crippen molar-refractivity contribution in [1.29, 1.82) is 0 Å². The largest absolute Gasteiger partial charge is 0.294 e. The topological polar surface area (TPSA) is 69.0 Å². The van der Waals surface area contributed by atoms with Crippen LogP contribution in [0.4, 0.5) is 0 Å². The minimum atomic E-state index is -3.00. The van der Waals surface area contributed by atoms with Gasteiger partial charge in [0.15, 0.2) is 15.6 Å². The van der Waals surface area contributed by atoms with Crippen molar-refractivity contribution >= 4 is 15.6 Å². The van der Waals surface area contributed by atoms with E-state index in [4.69, 9.17) is 0 Å². The minimum absolute atomic E-state index is 0.0636. The Bertz CT molecular complexity index is 628. The normalized spacial score (nSPS) is 31.3. The van der Waals surface area contributed by atoms with Gasteiger partial charge in [-0.05, 0) is 39.5 Å². The zero-order valence-corrected chi connectivity index (χ0v) is 13.3. The molecule has 3 rings (SSSR count). The zero-order chi connectivity index (χ0) is 15.2. The fourth-order valence-electron chi connectivity index (χ4n) is 3.61. The second-order valence-corrected chi connectivity index (χ2v) is 9.11. The lowest BCUT2D eigenvalue weighted by molar-refractivity contribution is 0.0894. The maximum atomic E-state index is 12.6. The Kier molecular flexibility index (Phi) is 3.67. The lowest BCUT2D eigenvalue weighted by Crippen LogP contribution is -2.45.